The second-order valence-corrected chi connectivity index (χ2v) is 29.1. The van der Waals surface area contributed by atoms with Gasteiger partial charge in [0, 0.05) is 6.61 Å². The Hall–Kier alpha value is -0.506. The number of ether oxygens (including phenoxy) is 1. The van der Waals surface area contributed by atoms with Crippen molar-refractivity contribution in [3.63, 3.8) is 0 Å². The molecule has 0 radical (unpaired) electrons. The van der Waals surface area contributed by atoms with Crippen LogP contribution in [0.5, 0.6) is 0 Å². The quantitative estimate of drug-likeness (QED) is 0.185. The standard InChI is InChI=1S/C40H74O4Si2/c1-29(42-26-24-37(2,3)4)33-20-21-34-31(17-16-23-40(33,34)11)19-18-30-27-35(43-45(12,13)38(5,6)7)32(22-25-41)36(28-30)44-46(14,15)39(8,9)10/h18-19,22,29,33-36,41H,16-17,20-21,23-28H2,1-15H3/b30-18?,31-19+,32-22?/t29-,33?,34?,35-,36-,40?/m1/s1. The maximum Gasteiger partial charge on any atom is 0.192 e. The molecule has 6 atom stereocenters. The van der Waals surface area contributed by atoms with E-state index in [9.17, 15) is 5.11 Å². The zero-order valence-corrected chi connectivity index (χ0v) is 34.9. The maximum atomic E-state index is 10.2. The third-order valence-electron chi connectivity index (χ3n) is 12.8. The largest absolute Gasteiger partial charge is 0.410 e. The Kier molecular flexibility index (Phi) is 12.8. The molecule has 0 spiro atoms. The first-order valence-electron chi connectivity index (χ1n) is 18.6. The van der Waals surface area contributed by atoms with Crippen molar-refractivity contribution in [2.75, 3.05) is 13.2 Å². The molecule has 0 aromatic rings. The van der Waals surface area contributed by atoms with E-state index >= 15 is 0 Å². The zero-order chi connectivity index (χ0) is 34.9. The Labute approximate surface area is 287 Å². The predicted octanol–water partition coefficient (Wildman–Crippen LogP) is 11.4. The highest BCUT2D eigenvalue weighted by Crippen LogP contribution is 2.59. The van der Waals surface area contributed by atoms with Crippen molar-refractivity contribution < 1.29 is 18.7 Å². The normalized spacial score (nSPS) is 30.0. The van der Waals surface area contributed by atoms with Crippen LogP contribution in [0, 0.1) is 22.7 Å². The lowest BCUT2D eigenvalue weighted by Crippen LogP contribution is -2.50. The molecule has 0 amide bonds. The van der Waals surface area contributed by atoms with Crippen LogP contribution in [0.2, 0.25) is 36.3 Å². The highest BCUT2D eigenvalue weighted by atomic mass is 28.4. The first-order valence-corrected chi connectivity index (χ1v) is 24.4. The Balaban J connectivity index is 1.92. The fourth-order valence-electron chi connectivity index (χ4n) is 7.73. The van der Waals surface area contributed by atoms with E-state index < -0.39 is 16.6 Å². The van der Waals surface area contributed by atoms with Gasteiger partial charge in [0.1, 0.15) is 0 Å². The van der Waals surface area contributed by atoms with Gasteiger partial charge in [-0.25, -0.2) is 0 Å². The molecule has 3 aliphatic rings. The van der Waals surface area contributed by atoms with E-state index in [0.717, 1.165) is 31.4 Å². The molecule has 3 rings (SSSR count). The number of fused-ring (bicyclic) bond motifs is 1. The van der Waals surface area contributed by atoms with E-state index in [4.69, 9.17) is 13.6 Å². The molecule has 3 aliphatic carbocycles. The Morgan fingerprint density at radius 3 is 1.89 bits per heavy atom. The molecular formula is C40H74O4Si2. The van der Waals surface area contributed by atoms with Gasteiger partial charge in [-0.05, 0) is 123 Å². The van der Waals surface area contributed by atoms with E-state index in [1.165, 1.54) is 37.7 Å². The summed E-state index contributed by atoms with van der Waals surface area (Å²) >= 11 is 0. The summed E-state index contributed by atoms with van der Waals surface area (Å²) in [4.78, 5) is 0. The average Bonchev–Trinajstić information content (AvgIpc) is 3.24. The van der Waals surface area contributed by atoms with Crippen molar-refractivity contribution in [3.8, 4) is 0 Å². The lowest BCUT2D eigenvalue weighted by atomic mass is 9.62. The van der Waals surface area contributed by atoms with Gasteiger partial charge in [0.2, 0.25) is 0 Å². The first kappa shape index (κ1) is 39.9. The van der Waals surface area contributed by atoms with Crippen LogP contribution in [0.4, 0.5) is 0 Å². The number of rotatable bonds is 10. The molecule has 6 heteroatoms. The Morgan fingerprint density at radius 1 is 0.870 bits per heavy atom. The van der Waals surface area contributed by atoms with Crippen LogP contribution >= 0.6 is 0 Å². The number of hydrogen-bond acceptors (Lipinski definition) is 4. The van der Waals surface area contributed by atoms with Gasteiger partial charge in [-0.2, -0.15) is 0 Å². The number of allylic oxidation sites excluding steroid dienone is 3. The number of hydrogen-bond donors (Lipinski definition) is 1. The van der Waals surface area contributed by atoms with Gasteiger partial charge >= 0.3 is 0 Å². The number of aliphatic hydroxyl groups is 1. The third-order valence-corrected chi connectivity index (χ3v) is 21.8. The molecule has 3 fully saturated rings. The van der Waals surface area contributed by atoms with Gasteiger partial charge in [-0.1, -0.05) is 98.6 Å². The van der Waals surface area contributed by atoms with E-state index in [0.29, 0.717) is 28.8 Å². The predicted molar refractivity (Wildman–Crippen MR) is 202 cm³/mol. The van der Waals surface area contributed by atoms with Gasteiger partial charge in [0.05, 0.1) is 24.9 Å². The second-order valence-electron chi connectivity index (χ2n) is 19.6. The van der Waals surface area contributed by atoms with Gasteiger partial charge in [-0.15, -0.1) is 0 Å². The lowest BCUT2D eigenvalue weighted by Gasteiger charge is -2.46. The van der Waals surface area contributed by atoms with Crippen molar-refractivity contribution in [1.82, 2.24) is 0 Å². The van der Waals surface area contributed by atoms with Crippen LogP contribution in [0.1, 0.15) is 128 Å². The molecule has 0 heterocycles. The summed E-state index contributed by atoms with van der Waals surface area (Å²) in [6.45, 7) is 36.0. The van der Waals surface area contributed by atoms with Crippen molar-refractivity contribution in [1.29, 1.82) is 0 Å². The van der Waals surface area contributed by atoms with Crippen molar-refractivity contribution in [2.24, 2.45) is 22.7 Å². The van der Waals surface area contributed by atoms with Gasteiger partial charge < -0.3 is 18.7 Å². The molecule has 0 aliphatic heterocycles. The minimum atomic E-state index is -2.06. The molecule has 0 aromatic carbocycles. The van der Waals surface area contributed by atoms with Gasteiger partial charge in [-0.3, -0.25) is 0 Å². The Morgan fingerprint density at radius 2 is 1.41 bits per heavy atom. The topological polar surface area (TPSA) is 47.9 Å². The molecule has 46 heavy (non-hydrogen) atoms. The molecule has 1 N–H and O–H groups in total. The minimum absolute atomic E-state index is 0.0208. The fourth-order valence-corrected chi connectivity index (χ4v) is 10.3. The van der Waals surface area contributed by atoms with Crippen LogP contribution < -0.4 is 0 Å². The summed E-state index contributed by atoms with van der Waals surface area (Å²) < 4.78 is 20.8. The molecule has 0 aromatic heterocycles. The highest BCUT2D eigenvalue weighted by Gasteiger charge is 2.51. The van der Waals surface area contributed by atoms with Crippen molar-refractivity contribution in [2.45, 2.75) is 182 Å². The number of aliphatic hydroxyl groups excluding tert-OH is 1. The van der Waals surface area contributed by atoms with E-state index in [-0.39, 0.29) is 28.9 Å². The van der Waals surface area contributed by atoms with Crippen molar-refractivity contribution in [3.05, 3.63) is 34.9 Å². The molecule has 3 unspecified atom stereocenters. The molecule has 4 nitrogen and oxygen atoms in total. The summed E-state index contributed by atoms with van der Waals surface area (Å²) in [7, 11) is -4.12. The van der Waals surface area contributed by atoms with Crippen LogP contribution in [-0.4, -0.2) is 53.3 Å². The van der Waals surface area contributed by atoms with E-state index in [1.807, 2.05) is 6.08 Å². The molecule has 266 valence electrons. The monoisotopic (exact) mass is 675 g/mol. The smallest absolute Gasteiger partial charge is 0.192 e. The third kappa shape index (κ3) is 9.59. The fraction of sp³-hybridized carbons (Fsp3) is 0.850. The van der Waals surface area contributed by atoms with E-state index in [2.05, 4.69) is 115 Å². The highest BCUT2D eigenvalue weighted by molar-refractivity contribution is 6.74. The van der Waals surface area contributed by atoms with Crippen LogP contribution in [0.25, 0.3) is 0 Å². The molecule has 3 saturated carbocycles. The Bertz CT molecular complexity index is 1070. The molecule has 0 bridgehead atoms. The summed E-state index contributed by atoms with van der Waals surface area (Å²) in [6.07, 6.45) is 16.4. The van der Waals surface area contributed by atoms with E-state index in [1.54, 1.807) is 5.57 Å². The summed E-state index contributed by atoms with van der Waals surface area (Å²) in [5, 5.41) is 10.4. The molecule has 0 saturated heterocycles. The lowest BCUT2D eigenvalue weighted by molar-refractivity contribution is -0.0318. The summed E-state index contributed by atoms with van der Waals surface area (Å²) in [6, 6.07) is 0. The van der Waals surface area contributed by atoms with Crippen LogP contribution in [-0.2, 0) is 13.6 Å². The maximum absolute atomic E-state index is 10.2. The van der Waals surface area contributed by atoms with Gasteiger partial charge in [0.25, 0.3) is 0 Å². The average molecular weight is 675 g/mol. The SMILES string of the molecule is C[C@@H](OCCC(C)(C)C)C1CCC2/C(=C/C=C3C[C@@H](O[Si](C)(C)C(C)(C)C)C(=CCO)[C@H](O[Si](C)(C)C(C)(C)C)C3)CCCC21C. The van der Waals surface area contributed by atoms with Crippen molar-refractivity contribution >= 4 is 16.6 Å². The van der Waals surface area contributed by atoms with Gasteiger partial charge in [0.15, 0.2) is 16.6 Å². The summed E-state index contributed by atoms with van der Waals surface area (Å²) in [5.74, 6) is 1.27. The first-order chi connectivity index (χ1) is 20.9. The minimum Gasteiger partial charge on any atom is -0.410 e. The van der Waals surface area contributed by atoms with Crippen LogP contribution in [0.3, 0.4) is 0 Å². The second kappa shape index (κ2) is 14.8. The summed E-state index contributed by atoms with van der Waals surface area (Å²) in [5.41, 5.74) is 4.86. The van der Waals surface area contributed by atoms with Crippen LogP contribution in [0.15, 0.2) is 34.9 Å². The zero-order valence-electron chi connectivity index (χ0n) is 32.9. The molecular weight excluding hydrogens is 601 g/mol.